The summed E-state index contributed by atoms with van der Waals surface area (Å²) in [4.78, 5) is 9.24. The Kier molecular flexibility index (Phi) is 5.37. The van der Waals surface area contributed by atoms with Crippen LogP contribution in [-0.4, -0.2) is 9.97 Å². The summed E-state index contributed by atoms with van der Waals surface area (Å²) in [7, 11) is 0. The average molecular weight is 522 g/mol. The Morgan fingerprint density at radius 2 is 1.24 bits per heavy atom. The lowest BCUT2D eigenvalue weighted by molar-refractivity contribution is 1.37. The van der Waals surface area contributed by atoms with Gasteiger partial charge in [-0.3, -0.25) is 9.97 Å². The van der Waals surface area contributed by atoms with E-state index in [9.17, 15) is 0 Å². The predicted octanol–water partition coefficient (Wildman–Crippen LogP) is 9.20. The Balaban J connectivity index is 1.51. The van der Waals surface area contributed by atoms with Crippen LogP contribution in [0, 0.1) is 0 Å². The molecule has 0 spiro atoms. The highest BCUT2D eigenvalue weighted by molar-refractivity contribution is 9.10. The Hall–Kier alpha value is -3.53. The van der Waals surface area contributed by atoms with E-state index in [4.69, 9.17) is 11.6 Å². The van der Waals surface area contributed by atoms with Crippen molar-refractivity contribution in [2.24, 2.45) is 0 Å². The molecule has 0 atom stereocenters. The van der Waals surface area contributed by atoms with Crippen LogP contribution in [0.4, 0.5) is 0 Å². The van der Waals surface area contributed by atoms with Gasteiger partial charge in [0.15, 0.2) is 0 Å². The number of rotatable bonds is 3. The van der Waals surface area contributed by atoms with E-state index in [0.29, 0.717) is 5.02 Å². The first kappa shape index (κ1) is 21.0. The fourth-order valence-corrected chi connectivity index (χ4v) is 4.95. The first-order valence-corrected chi connectivity index (χ1v) is 12.1. The van der Waals surface area contributed by atoms with Gasteiger partial charge in [-0.15, -0.1) is 0 Å². The molecular weight excluding hydrogens is 504 g/mol. The van der Waals surface area contributed by atoms with Crippen LogP contribution in [0.25, 0.3) is 55.2 Å². The SMILES string of the molecule is Clc1cc(-c2ccc(Br)cc2)cc(-c2cccc(-c3cc4cccnc4c4ncccc34)c2)c1. The van der Waals surface area contributed by atoms with Crippen LogP contribution in [0.1, 0.15) is 0 Å². The van der Waals surface area contributed by atoms with Gasteiger partial charge in [-0.2, -0.15) is 0 Å². The molecule has 34 heavy (non-hydrogen) atoms. The van der Waals surface area contributed by atoms with Crippen LogP contribution >= 0.6 is 27.5 Å². The molecule has 0 fully saturated rings. The minimum absolute atomic E-state index is 0.715. The monoisotopic (exact) mass is 520 g/mol. The zero-order chi connectivity index (χ0) is 23.1. The van der Waals surface area contributed by atoms with Gasteiger partial charge in [-0.25, -0.2) is 0 Å². The molecule has 0 radical (unpaired) electrons. The fraction of sp³-hybridized carbons (Fsp3) is 0. The predicted molar refractivity (Wildman–Crippen MR) is 146 cm³/mol. The highest BCUT2D eigenvalue weighted by atomic mass is 79.9. The van der Waals surface area contributed by atoms with Gasteiger partial charge < -0.3 is 0 Å². The smallest absolute Gasteiger partial charge is 0.0970 e. The number of hydrogen-bond acceptors (Lipinski definition) is 2. The van der Waals surface area contributed by atoms with Gasteiger partial charge in [0.05, 0.1) is 11.0 Å². The maximum absolute atomic E-state index is 6.56. The summed E-state index contributed by atoms with van der Waals surface area (Å²) >= 11 is 10.1. The van der Waals surface area contributed by atoms with Gasteiger partial charge in [0.25, 0.3) is 0 Å². The molecule has 4 heteroatoms. The third-order valence-corrected chi connectivity index (χ3v) is 6.79. The summed E-state index contributed by atoms with van der Waals surface area (Å²) in [6.07, 6.45) is 3.64. The van der Waals surface area contributed by atoms with Crippen LogP contribution < -0.4 is 0 Å². The number of pyridine rings is 2. The lowest BCUT2D eigenvalue weighted by atomic mass is 9.94. The number of aromatic nitrogens is 2. The van der Waals surface area contributed by atoms with Gasteiger partial charge in [0, 0.05) is 32.7 Å². The third-order valence-electron chi connectivity index (χ3n) is 6.04. The molecule has 6 aromatic rings. The van der Waals surface area contributed by atoms with Gasteiger partial charge in [0.2, 0.25) is 0 Å². The number of hydrogen-bond donors (Lipinski definition) is 0. The summed E-state index contributed by atoms with van der Waals surface area (Å²) in [6.45, 7) is 0. The third kappa shape index (κ3) is 3.87. The van der Waals surface area contributed by atoms with E-state index in [1.54, 1.807) is 0 Å². The second kappa shape index (κ2) is 8.68. The van der Waals surface area contributed by atoms with Crippen LogP contribution in [0.2, 0.25) is 5.02 Å². The summed E-state index contributed by atoms with van der Waals surface area (Å²) in [6, 6.07) is 33.5. The van der Waals surface area contributed by atoms with Crippen molar-refractivity contribution in [3.63, 3.8) is 0 Å². The molecule has 0 saturated carbocycles. The van der Waals surface area contributed by atoms with Crippen molar-refractivity contribution in [1.29, 1.82) is 0 Å². The molecule has 0 bridgehead atoms. The molecule has 6 rings (SSSR count). The second-order valence-corrected chi connectivity index (χ2v) is 9.57. The van der Waals surface area contributed by atoms with Crippen molar-refractivity contribution in [3.05, 3.63) is 119 Å². The first-order chi connectivity index (χ1) is 16.7. The number of nitrogens with zero attached hydrogens (tertiary/aromatic N) is 2. The number of halogens is 2. The van der Waals surface area contributed by atoms with Gasteiger partial charge in [0.1, 0.15) is 0 Å². The normalized spacial score (nSPS) is 11.2. The Bertz CT molecular complexity index is 1680. The molecule has 4 aromatic carbocycles. The molecule has 0 N–H and O–H groups in total. The topological polar surface area (TPSA) is 25.8 Å². The Morgan fingerprint density at radius 1 is 0.559 bits per heavy atom. The van der Waals surface area contributed by atoms with E-state index in [0.717, 1.165) is 59.7 Å². The molecule has 2 nitrogen and oxygen atoms in total. The van der Waals surface area contributed by atoms with Gasteiger partial charge in [-0.05, 0) is 88.0 Å². The lowest BCUT2D eigenvalue weighted by Crippen LogP contribution is -1.89. The minimum Gasteiger partial charge on any atom is -0.254 e. The molecule has 0 aliphatic rings. The highest BCUT2D eigenvalue weighted by Gasteiger charge is 2.12. The number of benzene rings is 4. The molecule has 0 saturated heterocycles. The van der Waals surface area contributed by atoms with E-state index in [1.165, 1.54) is 0 Å². The summed E-state index contributed by atoms with van der Waals surface area (Å²) < 4.78 is 1.05. The Labute approximate surface area is 211 Å². The average Bonchev–Trinajstić information content (AvgIpc) is 2.88. The Morgan fingerprint density at radius 3 is 2.06 bits per heavy atom. The summed E-state index contributed by atoms with van der Waals surface area (Å²) in [5.74, 6) is 0. The van der Waals surface area contributed by atoms with E-state index in [2.05, 4.69) is 86.6 Å². The maximum Gasteiger partial charge on any atom is 0.0970 e. The van der Waals surface area contributed by atoms with Crippen LogP contribution in [0.15, 0.2) is 114 Å². The molecule has 162 valence electrons. The molecule has 2 aromatic heterocycles. The standard InChI is InChI=1S/C30H18BrClN2/c31-25-10-8-19(9-11-25)23-15-24(17-26(32)16-23)20-4-1-5-21(14-20)28-18-22-6-2-12-33-29(22)30-27(28)7-3-13-34-30/h1-18H. The van der Waals surface area contributed by atoms with Crippen LogP contribution in [0.5, 0.6) is 0 Å². The van der Waals surface area contributed by atoms with Crippen LogP contribution in [0.3, 0.4) is 0 Å². The quantitative estimate of drug-likeness (QED) is 0.217. The van der Waals surface area contributed by atoms with Crippen molar-refractivity contribution in [3.8, 4) is 33.4 Å². The molecule has 0 amide bonds. The van der Waals surface area contributed by atoms with Crippen molar-refractivity contribution in [1.82, 2.24) is 9.97 Å². The minimum atomic E-state index is 0.715. The first-order valence-electron chi connectivity index (χ1n) is 11.0. The largest absolute Gasteiger partial charge is 0.254 e. The van der Waals surface area contributed by atoms with Crippen molar-refractivity contribution in [2.75, 3.05) is 0 Å². The summed E-state index contributed by atoms with van der Waals surface area (Å²) in [5, 5.41) is 2.88. The highest BCUT2D eigenvalue weighted by Crippen LogP contribution is 2.36. The molecule has 0 aliphatic carbocycles. The molecule has 2 heterocycles. The van der Waals surface area contributed by atoms with E-state index >= 15 is 0 Å². The van der Waals surface area contributed by atoms with Gasteiger partial charge in [-0.1, -0.05) is 70.0 Å². The number of fused-ring (bicyclic) bond motifs is 3. The van der Waals surface area contributed by atoms with Gasteiger partial charge >= 0.3 is 0 Å². The fourth-order valence-electron chi connectivity index (χ4n) is 4.45. The molecular formula is C30H18BrClN2. The van der Waals surface area contributed by atoms with E-state index in [1.807, 2.05) is 48.8 Å². The van der Waals surface area contributed by atoms with Crippen molar-refractivity contribution < 1.29 is 0 Å². The van der Waals surface area contributed by atoms with Crippen LogP contribution in [-0.2, 0) is 0 Å². The molecule has 0 aliphatic heterocycles. The zero-order valence-electron chi connectivity index (χ0n) is 18.0. The lowest BCUT2D eigenvalue weighted by Gasteiger charge is -2.12. The maximum atomic E-state index is 6.56. The van der Waals surface area contributed by atoms with Crippen molar-refractivity contribution >= 4 is 49.3 Å². The second-order valence-electron chi connectivity index (χ2n) is 8.22. The zero-order valence-corrected chi connectivity index (χ0v) is 20.4. The van der Waals surface area contributed by atoms with Crippen molar-refractivity contribution in [2.45, 2.75) is 0 Å². The van der Waals surface area contributed by atoms with E-state index in [-0.39, 0.29) is 0 Å². The van der Waals surface area contributed by atoms with E-state index < -0.39 is 0 Å². The summed E-state index contributed by atoms with van der Waals surface area (Å²) in [5.41, 5.74) is 8.52. The molecule has 0 unspecified atom stereocenters.